The van der Waals surface area contributed by atoms with Crippen LogP contribution < -0.4 is 4.72 Å². The Kier molecular flexibility index (Phi) is 4.88. The van der Waals surface area contributed by atoms with Crippen LogP contribution in [0.25, 0.3) is 16.8 Å². The van der Waals surface area contributed by atoms with Gasteiger partial charge < -0.3 is 0 Å². The zero-order valence-electron chi connectivity index (χ0n) is 13.0. The summed E-state index contributed by atoms with van der Waals surface area (Å²) < 4.78 is 27.6. The summed E-state index contributed by atoms with van der Waals surface area (Å²) in [6, 6.07) is 19.2. The Morgan fingerprint density at radius 2 is 1.60 bits per heavy atom. The maximum Gasteiger partial charge on any atom is 0.261 e. The molecule has 0 radical (unpaired) electrons. The fourth-order valence-corrected chi connectivity index (χ4v) is 3.50. The van der Waals surface area contributed by atoms with Gasteiger partial charge in [-0.15, -0.1) is 0 Å². The SMILES string of the molecule is O=C(Cl)C=Cc1ccc(S(=O)(=O)Nc2ccc3ccccc3c2)cc1. The molecule has 0 saturated carbocycles. The highest BCUT2D eigenvalue weighted by Crippen LogP contribution is 2.22. The molecule has 3 aromatic carbocycles. The number of halogens is 1. The van der Waals surface area contributed by atoms with Gasteiger partial charge in [0.2, 0.25) is 5.24 Å². The first-order valence-corrected chi connectivity index (χ1v) is 9.29. The lowest BCUT2D eigenvalue weighted by Crippen LogP contribution is -2.12. The lowest BCUT2D eigenvalue weighted by Gasteiger charge is -2.09. The number of nitrogens with one attached hydrogen (secondary N) is 1. The quantitative estimate of drug-likeness (QED) is 0.533. The fraction of sp³-hybridized carbons (Fsp3) is 0. The van der Waals surface area contributed by atoms with E-state index in [-0.39, 0.29) is 4.90 Å². The largest absolute Gasteiger partial charge is 0.280 e. The molecule has 0 aliphatic rings. The number of sulfonamides is 1. The summed E-state index contributed by atoms with van der Waals surface area (Å²) in [5, 5.41) is 1.40. The highest BCUT2D eigenvalue weighted by molar-refractivity contribution is 7.92. The third kappa shape index (κ3) is 4.26. The minimum atomic E-state index is -3.70. The Labute approximate surface area is 150 Å². The second kappa shape index (κ2) is 7.09. The molecule has 0 saturated heterocycles. The Balaban J connectivity index is 1.84. The molecule has 1 N–H and O–H groups in total. The third-order valence-corrected chi connectivity index (χ3v) is 5.12. The number of hydrogen-bond acceptors (Lipinski definition) is 3. The lowest BCUT2D eigenvalue weighted by atomic mass is 10.1. The van der Waals surface area contributed by atoms with Crippen molar-refractivity contribution in [2.45, 2.75) is 4.90 Å². The molecular formula is C19H14ClNO3S. The van der Waals surface area contributed by atoms with Crippen molar-refractivity contribution in [3.8, 4) is 0 Å². The molecule has 0 aromatic heterocycles. The first kappa shape index (κ1) is 17.2. The summed E-state index contributed by atoms with van der Waals surface area (Å²) in [5.74, 6) is 0. The average Bonchev–Trinajstić information content (AvgIpc) is 2.60. The second-order valence-electron chi connectivity index (χ2n) is 5.37. The molecule has 4 nitrogen and oxygen atoms in total. The first-order chi connectivity index (χ1) is 11.9. The molecule has 0 heterocycles. The maximum absolute atomic E-state index is 12.5. The first-order valence-electron chi connectivity index (χ1n) is 7.43. The van der Waals surface area contributed by atoms with Gasteiger partial charge in [-0.2, -0.15) is 0 Å². The van der Waals surface area contributed by atoms with Crippen LogP contribution in [-0.4, -0.2) is 13.7 Å². The normalized spacial score (nSPS) is 11.7. The Morgan fingerprint density at radius 3 is 2.28 bits per heavy atom. The zero-order chi connectivity index (χ0) is 17.9. The highest BCUT2D eigenvalue weighted by Gasteiger charge is 2.14. The van der Waals surface area contributed by atoms with Crippen LogP contribution in [0.15, 0.2) is 77.7 Å². The van der Waals surface area contributed by atoms with Gasteiger partial charge in [-0.25, -0.2) is 8.42 Å². The van der Waals surface area contributed by atoms with Crippen LogP contribution in [0.5, 0.6) is 0 Å². The Bertz CT molecular complexity index is 1060. The van der Waals surface area contributed by atoms with Gasteiger partial charge in [0.1, 0.15) is 0 Å². The number of fused-ring (bicyclic) bond motifs is 1. The standard InChI is InChI=1S/C19H14ClNO3S/c20-19(22)12-7-14-5-10-18(11-6-14)25(23,24)21-17-9-8-15-3-1-2-4-16(15)13-17/h1-13,21H. The predicted octanol–water partition coefficient (Wildman–Crippen LogP) is 4.42. The van der Waals surface area contributed by atoms with E-state index in [1.807, 2.05) is 30.3 Å². The van der Waals surface area contributed by atoms with Gasteiger partial charge in [0.15, 0.2) is 0 Å². The topological polar surface area (TPSA) is 63.2 Å². The molecule has 0 amide bonds. The molecule has 3 aromatic rings. The van der Waals surface area contributed by atoms with E-state index in [0.717, 1.165) is 10.8 Å². The molecule has 25 heavy (non-hydrogen) atoms. The number of benzene rings is 3. The van der Waals surface area contributed by atoms with E-state index in [9.17, 15) is 13.2 Å². The van der Waals surface area contributed by atoms with Crippen LogP contribution in [0.2, 0.25) is 0 Å². The number of carbonyl (C=O) groups excluding carboxylic acids is 1. The van der Waals surface area contributed by atoms with E-state index in [1.54, 1.807) is 24.3 Å². The molecule has 0 unspecified atom stereocenters. The summed E-state index contributed by atoms with van der Waals surface area (Å²) in [7, 11) is -3.70. The van der Waals surface area contributed by atoms with Gasteiger partial charge in [-0.05, 0) is 58.3 Å². The lowest BCUT2D eigenvalue weighted by molar-refractivity contribution is -0.107. The minimum Gasteiger partial charge on any atom is -0.280 e. The van der Waals surface area contributed by atoms with Crippen LogP contribution in [0.1, 0.15) is 5.56 Å². The van der Waals surface area contributed by atoms with Gasteiger partial charge >= 0.3 is 0 Å². The summed E-state index contributed by atoms with van der Waals surface area (Å²) in [5.41, 5.74) is 1.18. The average molecular weight is 372 g/mol. The van der Waals surface area contributed by atoms with Crippen molar-refractivity contribution in [3.05, 3.63) is 78.4 Å². The van der Waals surface area contributed by atoms with E-state index in [4.69, 9.17) is 11.6 Å². The van der Waals surface area contributed by atoms with Crippen molar-refractivity contribution in [3.63, 3.8) is 0 Å². The van der Waals surface area contributed by atoms with Crippen LogP contribution in [0, 0.1) is 0 Å². The maximum atomic E-state index is 12.5. The molecule has 3 rings (SSSR count). The monoisotopic (exact) mass is 371 g/mol. The molecule has 0 aliphatic carbocycles. The van der Waals surface area contributed by atoms with Crippen molar-refractivity contribution < 1.29 is 13.2 Å². The number of carbonyl (C=O) groups is 1. The van der Waals surface area contributed by atoms with E-state index >= 15 is 0 Å². The van der Waals surface area contributed by atoms with Gasteiger partial charge in [0.05, 0.1) is 4.90 Å². The van der Waals surface area contributed by atoms with Crippen LogP contribution in [0.4, 0.5) is 5.69 Å². The van der Waals surface area contributed by atoms with Crippen molar-refractivity contribution in [2.75, 3.05) is 4.72 Å². The summed E-state index contributed by atoms with van der Waals surface area (Å²) >= 11 is 5.23. The zero-order valence-corrected chi connectivity index (χ0v) is 14.6. The fourth-order valence-electron chi connectivity index (χ4n) is 2.39. The number of hydrogen-bond donors (Lipinski definition) is 1. The van der Waals surface area contributed by atoms with E-state index in [0.29, 0.717) is 11.3 Å². The van der Waals surface area contributed by atoms with E-state index in [2.05, 4.69) is 4.72 Å². The molecule has 6 heteroatoms. The molecule has 0 atom stereocenters. The molecular weight excluding hydrogens is 358 g/mol. The summed E-state index contributed by atoms with van der Waals surface area (Å²) in [6.07, 6.45) is 2.72. The number of rotatable bonds is 5. The predicted molar refractivity (Wildman–Crippen MR) is 101 cm³/mol. The van der Waals surface area contributed by atoms with Crippen LogP contribution in [-0.2, 0) is 14.8 Å². The smallest absolute Gasteiger partial charge is 0.261 e. The summed E-state index contributed by atoms with van der Waals surface area (Å²) in [4.78, 5) is 10.8. The number of anilines is 1. The van der Waals surface area contributed by atoms with Crippen LogP contribution >= 0.6 is 11.6 Å². The van der Waals surface area contributed by atoms with E-state index < -0.39 is 15.3 Å². The third-order valence-electron chi connectivity index (χ3n) is 3.60. The molecule has 0 spiro atoms. The van der Waals surface area contributed by atoms with Crippen molar-refractivity contribution >= 4 is 49.4 Å². The van der Waals surface area contributed by atoms with Crippen molar-refractivity contribution in [1.29, 1.82) is 0 Å². The molecule has 0 bridgehead atoms. The highest BCUT2D eigenvalue weighted by atomic mass is 35.5. The molecule has 126 valence electrons. The van der Waals surface area contributed by atoms with Gasteiger partial charge in [-0.3, -0.25) is 9.52 Å². The minimum absolute atomic E-state index is 0.134. The van der Waals surface area contributed by atoms with Crippen molar-refractivity contribution in [1.82, 2.24) is 0 Å². The van der Waals surface area contributed by atoms with Crippen molar-refractivity contribution in [2.24, 2.45) is 0 Å². The molecule has 0 aliphatic heterocycles. The summed E-state index contributed by atoms with van der Waals surface area (Å²) in [6.45, 7) is 0. The Morgan fingerprint density at radius 1 is 0.920 bits per heavy atom. The van der Waals surface area contributed by atoms with Gasteiger partial charge in [0.25, 0.3) is 10.0 Å². The van der Waals surface area contributed by atoms with Gasteiger partial charge in [-0.1, -0.05) is 48.5 Å². The van der Waals surface area contributed by atoms with E-state index in [1.165, 1.54) is 24.3 Å². The number of allylic oxidation sites excluding steroid dienone is 1. The molecule has 0 fully saturated rings. The van der Waals surface area contributed by atoms with Gasteiger partial charge in [0, 0.05) is 5.69 Å². The second-order valence-corrected chi connectivity index (χ2v) is 7.43. The van der Waals surface area contributed by atoms with Crippen LogP contribution in [0.3, 0.4) is 0 Å². The Hall–Kier alpha value is -2.63.